The molecule has 118 valence electrons. The highest BCUT2D eigenvalue weighted by Crippen LogP contribution is 2.18. The maximum Gasteiger partial charge on any atom is 0.261 e. The van der Waals surface area contributed by atoms with Gasteiger partial charge in [-0.15, -0.1) is 0 Å². The van der Waals surface area contributed by atoms with E-state index in [1.165, 1.54) is 24.3 Å². The van der Waals surface area contributed by atoms with Crippen molar-refractivity contribution in [1.29, 1.82) is 0 Å². The fourth-order valence-corrected chi connectivity index (χ4v) is 3.74. The number of hydrogen-bond donors (Lipinski definition) is 1. The molecule has 2 aromatic carbocycles. The van der Waals surface area contributed by atoms with Crippen LogP contribution in [0.3, 0.4) is 0 Å². The van der Waals surface area contributed by atoms with Gasteiger partial charge in [-0.3, -0.25) is 4.72 Å². The largest absolute Gasteiger partial charge is 0.280 e. The van der Waals surface area contributed by atoms with Crippen molar-refractivity contribution in [3.8, 4) is 0 Å². The van der Waals surface area contributed by atoms with Crippen LogP contribution in [0.5, 0.6) is 0 Å². The average Bonchev–Trinajstić information content (AvgIpc) is 2.36. The maximum atomic E-state index is 13.1. The van der Waals surface area contributed by atoms with Crippen molar-refractivity contribution in [3.05, 3.63) is 59.9 Å². The summed E-state index contributed by atoms with van der Waals surface area (Å²) in [4.78, 5) is -0.207. The van der Waals surface area contributed by atoms with Gasteiger partial charge in [0.2, 0.25) is 0 Å². The standard InChI is InChI=1S/C14H14FNO4S2/c1-21(17,18)10-11-4-2-6-13(8-11)16-22(19,20)14-7-3-5-12(15)9-14/h2-9,16H,10H2,1H3. The number of rotatable bonds is 5. The van der Waals surface area contributed by atoms with E-state index in [0.29, 0.717) is 5.56 Å². The van der Waals surface area contributed by atoms with Gasteiger partial charge >= 0.3 is 0 Å². The first-order chi connectivity index (χ1) is 10.2. The van der Waals surface area contributed by atoms with Crippen molar-refractivity contribution in [3.63, 3.8) is 0 Å². The van der Waals surface area contributed by atoms with Crippen LogP contribution in [0.25, 0.3) is 0 Å². The van der Waals surface area contributed by atoms with Crippen LogP contribution in [0.2, 0.25) is 0 Å². The van der Waals surface area contributed by atoms with Gasteiger partial charge in [-0.1, -0.05) is 18.2 Å². The summed E-state index contributed by atoms with van der Waals surface area (Å²) >= 11 is 0. The predicted octanol–water partition coefficient (Wildman–Crippen LogP) is 2.17. The zero-order chi connectivity index (χ0) is 16.4. The molecule has 0 amide bonds. The van der Waals surface area contributed by atoms with Crippen LogP contribution in [-0.4, -0.2) is 23.1 Å². The van der Waals surface area contributed by atoms with Crippen molar-refractivity contribution >= 4 is 25.5 Å². The Labute approximate surface area is 128 Å². The molecule has 0 radical (unpaired) electrons. The van der Waals surface area contributed by atoms with Gasteiger partial charge in [-0.05, 0) is 35.9 Å². The summed E-state index contributed by atoms with van der Waals surface area (Å²) in [5.41, 5.74) is 0.673. The van der Waals surface area contributed by atoms with E-state index < -0.39 is 25.7 Å². The zero-order valence-electron chi connectivity index (χ0n) is 11.7. The van der Waals surface area contributed by atoms with E-state index in [0.717, 1.165) is 18.4 Å². The van der Waals surface area contributed by atoms with Crippen LogP contribution in [0.1, 0.15) is 5.56 Å². The summed E-state index contributed by atoms with van der Waals surface area (Å²) in [5.74, 6) is -0.851. The van der Waals surface area contributed by atoms with Crippen LogP contribution < -0.4 is 4.72 Å². The van der Waals surface area contributed by atoms with Crippen molar-refractivity contribution in [2.75, 3.05) is 11.0 Å². The van der Waals surface area contributed by atoms with Crippen molar-refractivity contribution in [1.82, 2.24) is 0 Å². The molecule has 22 heavy (non-hydrogen) atoms. The summed E-state index contributed by atoms with van der Waals surface area (Å²) in [6.45, 7) is 0. The summed E-state index contributed by atoms with van der Waals surface area (Å²) in [7, 11) is -7.16. The number of sulfone groups is 1. The number of anilines is 1. The Bertz CT molecular complexity index is 893. The summed E-state index contributed by atoms with van der Waals surface area (Å²) in [6.07, 6.45) is 1.09. The lowest BCUT2D eigenvalue weighted by Gasteiger charge is -2.09. The minimum atomic E-state index is -3.94. The van der Waals surface area contributed by atoms with E-state index >= 15 is 0 Å². The van der Waals surface area contributed by atoms with Crippen LogP contribution in [0.15, 0.2) is 53.4 Å². The lowest BCUT2D eigenvalue weighted by atomic mass is 10.2. The molecular weight excluding hydrogens is 329 g/mol. The highest BCUT2D eigenvalue weighted by Gasteiger charge is 2.15. The molecule has 0 saturated carbocycles. The number of sulfonamides is 1. The minimum absolute atomic E-state index is 0.192. The van der Waals surface area contributed by atoms with E-state index in [1.54, 1.807) is 12.1 Å². The Morgan fingerprint density at radius 1 is 1.00 bits per heavy atom. The highest BCUT2D eigenvalue weighted by atomic mass is 32.2. The van der Waals surface area contributed by atoms with Crippen LogP contribution in [-0.2, 0) is 25.6 Å². The average molecular weight is 343 g/mol. The number of benzene rings is 2. The Balaban J connectivity index is 2.29. The lowest BCUT2D eigenvalue weighted by molar-refractivity contribution is 0.595. The third-order valence-electron chi connectivity index (χ3n) is 2.71. The second-order valence-corrected chi connectivity index (χ2v) is 8.66. The second kappa shape index (κ2) is 6.05. The number of nitrogens with one attached hydrogen (secondary N) is 1. The Morgan fingerprint density at radius 3 is 2.32 bits per heavy atom. The predicted molar refractivity (Wildman–Crippen MR) is 82.2 cm³/mol. The summed E-state index contributed by atoms with van der Waals surface area (Å²) in [5, 5.41) is 0. The van der Waals surface area contributed by atoms with Crippen molar-refractivity contribution < 1.29 is 21.2 Å². The molecule has 0 heterocycles. The van der Waals surface area contributed by atoms with Gasteiger partial charge in [-0.2, -0.15) is 0 Å². The molecule has 0 fully saturated rings. The molecular formula is C14H14FNO4S2. The zero-order valence-corrected chi connectivity index (χ0v) is 13.3. The smallest absolute Gasteiger partial charge is 0.261 e. The fraction of sp³-hybridized carbons (Fsp3) is 0.143. The van der Waals surface area contributed by atoms with E-state index in [-0.39, 0.29) is 16.3 Å². The quantitative estimate of drug-likeness (QED) is 0.902. The molecule has 0 unspecified atom stereocenters. The fourth-order valence-electron chi connectivity index (χ4n) is 1.88. The molecule has 0 aliphatic carbocycles. The molecule has 0 saturated heterocycles. The van der Waals surface area contributed by atoms with Crippen molar-refractivity contribution in [2.45, 2.75) is 10.6 Å². The molecule has 2 aromatic rings. The highest BCUT2D eigenvalue weighted by molar-refractivity contribution is 7.92. The molecule has 0 bridgehead atoms. The molecule has 1 N–H and O–H groups in total. The molecule has 5 nitrogen and oxygen atoms in total. The Hall–Kier alpha value is -1.93. The molecule has 8 heteroatoms. The van der Waals surface area contributed by atoms with Crippen LogP contribution in [0.4, 0.5) is 10.1 Å². The summed E-state index contributed by atoms with van der Waals surface area (Å²) in [6, 6.07) is 10.7. The van der Waals surface area contributed by atoms with Gasteiger partial charge in [-0.25, -0.2) is 21.2 Å². The van der Waals surface area contributed by atoms with Gasteiger partial charge in [0.25, 0.3) is 10.0 Å². The maximum absolute atomic E-state index is 13.1. The SMILES string of the molecule is CS(=O)(=O)Cc1cccc(NS(=O)(=O)c2cccc(F)c2)c1. The third-order valence-corrected chi connectivity index (χ3v) is 4.95. The topological polar surface area (TPSA) is 80.3 Å². The normalized spacial score (nSPS) is 12.1. The second-order valence-electron chi connectivity index (χ2n) is 4.83. The van der Waals surface area contributed by atoms with Crippen molar-refractivity contribution in [2.24, 2.45) is 0 Å². The van der Waals surface area contributed by atoms with E-state index in [9.17, 15) is 21.2 Å². The first-order valence-corrected chi connectivity index (χ1v) is 9.75. The minimum Gasteiger partial charge on any atom is -0.280 e. The van der Waals surface area contributed by atoms with Gasteiger partial charge < -0.3 is 0 Å². The number of halogens is 1. The summed E-state index contributed by atoms with van der Waals surface area (Å²) < 4.78 is 62.3. The van der Waals surface area contributed by atoms with Gasteiger partial charge in [0.1, 0.15) is 5.82 Å². The van der Waals surface area contributed by atoms with Gasteiger partial charge in [0, 0.05) is 11.9 Å². The molecule has 2 rings (SSSR count). The first kappa shape index (κ1) is 16.4. The Morgan fingerprint density at radius 2 is 1.68 bits per heavy atom. The molecule has 0 atom stereocenters. The first-order valence-electron chi connectivity index (χ1n) is 6.21. The van der Waals surface area contributed by atoms with Gasteiger partial charge in [0.15, 0.2) is 9.84 Å². The van der Waals surface area contributed by atoms with E-state index in [1.807, 2.05) is 0 Å². The third kappa shape index (κ3) is 4.54. The van der Waals surface area contributed by atoms with E-state index in [4.69, 9.17) is 0 Å². The van der Waals surface area contributed by atoms with Gasteiger partial charge in [0.05, 0.1) is 10.6 Å². The number of hydrogen-bond acceptors (Lipinski definition) is 4. The molecule has 0 spiro atoms. The molecule has 0 aliphatic heterocycles. The molecule has 0 aromatic heterocycles. The molecule has 0 aliphatic rings. The Kier molecular flexibility index (Phi) is 4.52. The van der Waals surface area contributed by atoms with Crippen LogP contribution in [0, 0.1) is 5.82 Å². The van der Waals surface area contributed by atoms with Crippen LogP contribution >= 0.6 is 0 Å². The van der Waals surface area contributed by atoms with E-state index in [2.05, 4.69) is 4.72 Å². The monoisotopic (exact) mass is 343 g/mol. The lowest BCUT2D eigenvalue weighted by Crippen LogP contribution is -2.13.